The molecule has 1 amide bonds. The number of carbonyl (C=O) groups is 1. The van der Waals surface area contributed by atoms with Crippen molar-refractivity contribution in [2.24, 2.45) is 5.73 Å². The topological polar surface area (TPSA) is 107 Å². The number of nitrogens with zero attached hydrogens (tertiary/aromatic N) is 1. The van der Waals surface area contributed by atoms with Crippen LogP contribution in [0.5, 0.6) is 5.75 Å². The maximum atomic E-state index is 13.1. The minimum atomic E-state index is -0.878. The number of amides is 1. The summed E-state index contributed by atoms with van der Waals surface area (Å²) in [6.45, 7) is 1.76. The molecule has 0 aliphatic carbocycles. The molecule has 3 N–H and O–H groups in total. The molecule has 0 aliphatic heterocycles. The van der Waals surface area contributed by atoms with E-state index < -0.39 is 22.2 Å². The van der Waals surface area contributed by atoms with Crippen molar-refractivity contribution < 1.29 is 18.8 Å². The van der Waals surface area contributed by atoms with Crippen molar-refractivity contribution in [1.82, 2.24) is 5.32 Å². The van der Waals surface area contributed by atoms with Crippen LogP contribution in [-0.4, -0.2) is 30.0 Å². The lowest BCUT2D eigenvalue weighted by Crippen LogP contribution is -2.51. The minimum absolute atomic E-state index is 0.106. The van der Waals surface area contributed by atoms with Gasteiger partial charge in [-0.25, -0.2) is 4.39 Å². The van der Waals surface area contributed by atoms with Crippen LogP contribution in [-0.2, 0) is 4.79 Å². The van der Waals surface area contributed by atoms with Crippen LogP contribution in [0.15, 0.2) is 18.2 Å². The first-order chi connectivity index (χ1) is 9.80. The smallest absolute Gasteiger partial charge is 0.311 e. The van der Waals surface area contributed by atoms with Gasteiger partial charge in [0.2, 0.25) is 5.91 Å². The molecule has 0 aliphatic rings. The maximum Gasteiger partial charge on any atom is 0.311 e. The molecule has 21 heavy (non-hydrogen) atoms. The SMILES string of the molecule is CNC(C)(CCCOc1cc(F)ccc1[N+](=O)[O-])C(N)=O. The molecule has 1 aromatic carbocycles. The van der Waals surface area contributed by atoms with E-state index in [-0.39, 0.29) is 18.0 Å². The molecule has 1 rings (SSSR count). The van der Waals surface area contributed by atoms with Crippen LogP contribution in [0.1, 0.15) is 19.8 Å². The standard InChI is InChI=1S/C13H18FN3O4/c1-13(16-2,12(15)18)6-3-7-21-11-8-9(14)4-5-10(11)17(19)20/h4-5,8,16H,3,6-7H2,1-2H3,(H2,15,18). The molecule has 1 unspecified atom stereocenters. The normalized spacial score (nSPS) is 13.5. The van der Waals surface area contributed by atoms with Gasteiger partial charge in [0.15, 0.2) is 5.75 Å². The zero-order valence-electron chi connectivity index (χ0n) is 11.9. The summed E-state index contributed by atoms with van der Waals surface area (Å²) in [6, 6.07) is 3.01. The summed E-state index contributed by atoms with van der Waals surface area (Å²) < 4.78 is 18.3. The summed E-state index contributed by atoms with van der Waals surface area (Å²) in [5, 5.41) is 13.6. The zero-order valence-corrected chi connectivity index (χ0v) is 11.9. The van der Waals surface area contributed by atoms with Gasteiger partial charge in [0, 0.05) is 12.1 Å². The van der Waals surface area contributed by atoms with E-state index in [4.69, 9.17) is 10.5 Å². The molecule has 0 saturated carbocycles. The van der Waals surface area contributed by atoms with E-state index in [1.807, 2.05) is 0 Å². The molecule has 0 saturated heterocycles. The Labute approximate surface area is 121 Å². The van der Waals surface area contributed by atoms with Crippen LogP contribution in [0.25, 0.3) is 0 Å². The molecule has 0 spiro atoms. The lowest BCUT2D eigenvalue weighted by Gasteiger charge is -2.25. The van der Waals surface area contributed by atoms with Crippen LogP contribution in [0.4, 0.5) is 10.1 Å². The summed E-state index contributed by atoms with van der Waals surface area (Å²) in [4.78, 5) is 21.4. The first kappa shape index (κ1) is 16.8. The summed E-state index contributed by atoms with van der Waals surface area (Å²) >= 11 is 0. The van der Waals surface area contributed by atoms with Crippen molar-refractivity contribution in [1.29, 1.82) is 0 Å². The van der Waals surface area contributed by atoms with Gasteiger partial charge in [-0.2, -0.15) is 0 Å². The van der Waals surface area contributed by atoms with Crippen LogP contribution in [0.2, 0.25) is 0 Å². The molecule has 0 bridgehead atoms. The maximum absolute atomic E-state index is 13.1. The first-order valence-corrected chi connectivity index (χ1v) is 6.35. The summed E-state index contributed by atoms with van der Waals surface area (Å²) in [5.74, 6) is -1.25. The lowest BCUT2D eigenvalue weighted by atomic mass is 9.95. The van der Waals surface area contributed by atoms with Crippen LogP contribution < -0.4 is 15.8 Å². The van der Waals surface area contributed by atoms with E-state index in [0.29, 0.717) is 12.8 Å². The number of likely N-dealkylation sites (N-methyl/N-ethyl adjacent to an activating group) is 1. The van der Waals surface area contributed by atoms with E-state index in [1.165, 1.54) is 0 Å². The van der Waals surface area contributed by atoms with Gasteiger partial charge in [-0.3, -0.25) is 14.9 Å². The Morgan fingerprint density at radius 1 is 1.57 bits per heavy atom. The first-order valence-electron chi connectivity index (χ1n) is 6.35. The number of benzene rings is 1. The molecule has 116 valence electrons. The molecular weight excluding hydrogens is 281 g/mol. The number of nitro benzene ring substituents is 1. The van der Waals surface area contributed by atoms with E-state index in [2.05, 4.69) is 5.32 Å². The summed E-state index contributed by atoms with van der Waals surface area (Å²) in [6.07, 6.45) is 0.815. The highest BCUT2D eigenvalue weighted by Crippen LogP contribution is 2.27. The number of ether oxygens (including phenoxy) is 1. The average molecular weight is 299 g/mol. The fourth-order valence-corrected chi connectivity index (χ4v) is 1.73. The molecule has 8 heteroatoms. The Kier molecular flexibility index (Phi) is 5.60. The lowest BCUT2D eigenvalue weighted by molar-refractivity contribution is -0.385. The number of hydrogen-bond donors (Lipinski definition) is 2. The van der Waals surface area contributed by atoms with Crippen molar-refractivity contribution in [3.05, 3.63) is 34.1 Å². The quantitative estimate of drug-likeness (QED) is 0.428. The molecule has 1 aromatic rings. The molecule has 7 nitrogen and oxygen atoms in total. The largest absolute Gasteiger partial charge is 0.487 e. The minimum Gasteiger partial charge on any atom is -0.487 e. The van der Waals surface area contributed by atoms with Crippen molar-refractivity contribution >= 4 is 11.6 Å². The number of hydrogen-bond acceptors (Lipinski definition) is 5. The van der Waals surface area contributed by atoms with Gasteiger partial charge in [0.1, 0.15) is 5.82 Å². The Morgan fingerprint density at radius 2 is 2.24 bits per heavy atom. The predicted molar refractivity (Wildman–Crippen MR) is 74.4 cm³/mol. The van der Waals surface area contributed by atoms with Gasteiger partial charge >= 0.3 is 5.69 Å². The van der Waals surface area contributed by atoms with Gasteiger partial charge < -0.3 is 15.8 Å². The van der Waals surface area contributed by atoms with E-state index in [1.54, 1.807) is 14.0 Å². The van der Waals surface area contributed by atoms with Crippen molar-refractivity contribution in [2.75, 3.05) is 13.7 Å². The molecule has 0 aromatic heterocycles. The number of rotatable bonds is 8. The van der Waals surface area contributed by atoms with Gasteiger partial charge in [-0.15, -0.1) is 0 Å². The highest BCUT2D eigenvalue weighted by atomic mass is 19.1. The molecule has 0 radical (unpaired) electrons. The summed E-state index contributed by atoms with van der Waals surface area (Å²) in [7, 11) is 1.61. The van der Waals surface area contributed by atoms with Crippen molar-refractivity contribution in [3.8, 4) is 5.75 Å². The molecular formula is C13H18FN3O4. The number of carbonyl (C=O) groups excluding carboxylic acids is 1. The number of primary amides is 1. The second kappa shape index (κ2) is 6.98. The van der Waals surface area contributed by atoms with E-state index >= 15 is 0 Å². The summed E-state index contributed by atoms with van der Waals surface area (Å²) in [5.41, 5.74) is 4.10. The number of nitro groups is 1. The number of nitrogens with two attached hydrogens (primary N) is 1. The van der Waals surface area contributed by atoms with Crippen LogP contribution in [0.3, 0.4) is 0 Å². The molecule has 0 heterocycles. The van der Waals surface area contributed by atoms with Crippen LogP contribution in [0, 0.1) is 15.9 Å². The monoisotopic (exact) mass is 299 g/mol. The average Bonchev–Trinajstić information content (AvgIpc) is 2.42. The molecule has 0 fully saturated rings. The van der Waals surface area contributed by atoms with Gasteiger partial charge in [0.25, 0.3) is 0 Å². The number of halogens is 1. The van der Waals surface area contributed by atoms with Crippen LogP contribution >= 0.6 is 0 Å². The highest BCUT2D eigenvalue weighted by molar-refractivity contribution is 5.84. The third-order valence-electron chi connectivity index (χ3n) is 3.29. The fraction of sp³-hybridized carbons (Fsp3) is 0.462. The Bertz CT molecular complexity index is 538. The Hall–Kier alpha value is -2.22. The number of nitrogens with one attached hydrogen (secondary N) is 1. The Morgan fingerprint density at radius 3 is 2.76 bits per heavy atom. The van der Waals surface area contributed by atoms with Gasteiger partial charge in [0.05, 0.1) is 17.1 Å². The molecule has 1 atom stereocenters. The van der Waals surface area contributed by atoms with Gasteiger partial charge in [-0.1, -0.05) is 0 Å². The third kappa shape index (κ3) is 4.38. The second-order valence-corrected chi connectivity index (χ2v) is 4.77. The van der Waals surface area contributed by atoms with Gasteiger partial charge in [-0.05, 0) is 32.9 Å². The zero-order chi connectivity index (χ0) is 16.0. The van der Waals surface area contributed by atoms with Crippen molar-refractivity contribution in [2.45, 2.75) is 25.3 Å². The highest BCUT2D eigenvalue weighted by Gasteiger charge is 2.28. The third-order valence-corrected chi connectivity index (χ3v) is 3.29. The predicted octanol–water partition coefficient (Wildman–Crippen LogP) is 1.36. The second-order valence-electron chi connectivity index (χ2n) is 4.77. The Balaban J connectivity index is 2.63. The van der Waals surface area contributed by atoms with E-state index in [0.717, 1.165) is 18.2 Å². The van der Waals surface area contributed by atoms with E-state index in [9.17, 15) is 19.3 Å². The fourth-order valence-electron chi connectivity index (χ4n) is 1.73. The van der Waals surface area contributed by atoms with Crippen molar-refractivity contribution in [3.63, 3.8) is 0 Å².